The van der Waals surface area contributed by atoms with E-state index in [9.17, 15) is 8.42 Å². The second kappa shape index (κ2) is 4.27. The number of halogens is 1. The first-order valence-electron chi connectivity index (χ1n) is 4.91. The van der Waals surface area contributed by atoms with Crippen molar-refractivity contribution < 1.29 is 8.42 Å². The lowest BCUT2D eigenvalue weighted by Crippen LogP contribution is -2.30. The van der Waals surface area contributed by atoms with Crippen molar-refractivity contribution in [1.29, 1.82) is 5.26 Å². The summed E-state index contributed by atoms with van der Waals surface area (Å²) >= 11 is 5.83. The van der Waals surface area contributed by atoms with Gasteiger partial charge in [0.25, 0.3) is 0 Å². The summed E-state index contributed by atoms with van der Waals surface area (Å²) < 4.78 is 26.3. The summed E-state index contributed by atoms with van der Waals surface area (Å²) in [6.07, 6.45) is 0.632. The van der Waals surface area contributed by atoms with Gasteiger partial charge in [0.15, 0.2) is 0 Å². The molecule has 2 unspecified atom stereocenters. The van der Waals surface area contributed by atoms with Crippen LogP contribution in [-0.4, -0.2) is 20.5 Å². The van der Waals surface area contributed by atoms with Crippen LogP contribution in [0.3, 0.4) is 0 Å². The number of benzene rings is 1. The zero-order chi connectivity index (χ0) is 12.6. The summed E-state index contributed by atoms with van der Waals surface area (Å²) in [6.45, 7) is 0. The second-order valence-electron chi connectivity index (χ2n) is 3.88. The average Bonchev–Trinajstić information content (AvgIpc) is 2.92. The number of hydrogen-bond donors (Lipinski definition) is 2. The van der Waals surface area contributed by atoms with Crippen molar-refractivity contribution in [3.8, 4) is 6.07 Å². The summed E-state index contributed by atoms with van der Waals surface area (Å²) in [6, 6.07) is 5.60. The minimum Gasteiger partial charge on any atom is -0.326 e. The van der Waals surface area contributed by atoms with Crippen LogP contribution in [0.2, 0.25) is 5.02 Å². The Bertz CT molecular complexity index is 594. The first-order chi connectivity index (χ1) is 7.94. The minimum absolute atomic E-state index is 0.0303. The van der Waals surface area contributed by atoms with Crippen LogP contribution in [0.1, 0.15) is 12.0 Å². The van der Waals surface area contributed by atoms with Crippen molar-refractivity contribution in [3.63, 3.8) is 0 Å². The van der Waals surface area contributed by atoms with Crippen molar-refractivity contribution in [2.75, 3.05) is 0 Å². The van der Waals surface area contributed by atoms with Crippen LogP contribution in [0.5, 0.6) is 0 Å². The molecule has 0 spiro atoms. The molecule has 3 N–H and O–H groups in total. The largest absolute Gasteiger partial charge is 0.326 e. The van der Waals surface area contributed by atoms with E-state index in [0.29, 0.717) is 12.0 Å². The molecule has 7 heteroatoms. The van der Waals surface area contributed by atoms with E-state index in [0.717, 1.165) is 0 Å². The zero-order valence-electron chi connectivity index (χ0n) is 8.72. The molecule has 1 aliphatic rings. The van der Waals surface area contributed by atoms with Crippen LogP contribution in [-0.2, 0) is 10.0 Å². The number of nitrogens with two attached hydrogens (primary N) is 1. The molecule has 0 aliphatic heterocycles. The molecule has 90 valence electrons. The van der Waals surface area contributed by atoms with Crippen LogP contribution >= 0.6 is 11.6 Å². The summed E-state index contributed by atoms with van der Waals surface area (Å²) in [4.78, 5) is -0.0303. The van der Waals surface area contributed by atoms with E-state index in [4.69, 9.17) is 22.6 Å². The van der Waals surface area contributed by atoms with Gasteiger partial charge in [0, 0.05) is 12.1 Å². The molecule has 1 aromatic rings. The van der Waals surface area contributed by atoms with Gasteiger partial charge < -0.3 is 5.73 Å². The Labute approximate surface area is 104 Å². The monoisotopic (exact) mass is 271 g/mol. The van der Waals surface area contributed by atoms with Gasteiger partial charge >= 0.3 is 0 Å². The van der Waals surface area contributed by atoms with E-state index in [2.05, 4.69) is 4.72 Å². The van der Waals surface area contributed by atoms with Crippen molar-refractivity contribution in [2.24, 2.45) is 5.73 Å². The molecule has 0 radical (unpaired) electrons. The molecule has 2 atom stereocenters. The minimum atomic E-state index is -3.66. The summed E-state index contributed by atoms with van der Waals surface area (Å²) in [5.41, 5.74) is 5.85. The standard InChI is InChI=1S/C10H10ClN3O2S/c11-7-3-6(5-12)1-2-10(7)17(15,16)14-9-4-8(9)13/h1-3,8-9,14H,4,13H2. The molecular formula is C10H10ClN3O2S. The zero-order valence-corrected chi connectivity index (χ0v) is 10.3. The summed E-state index contributed by atoms with van der Waals surface area (Å²) in [5.74, 6) is 0. The highest BCUT2D eigenvalue weighted by Gasteiger charge is 2.37. The molecular weight excluding hydrogens is 262 g/mol. The quantitative estimate of drug-likeness (QED) is 0.841. The fraction of sp³-hybridized carbons (Fsp3) is 0.300. The highest BCUT2D eigenvalue weighted by atomic mass is 35.5. The first kappa shape index (κ1) is 12.3. The molecule has 17 heavy (non-hydrogen) atoms. The van der Waals surface area contributed by atoms with Gasteiger partial charge in [0.05, 0.1) is 16.7 Å². The molecule has 0 heterocycles. The molecule has 5 nitrogen and oxygen atoms in total. The van der Waals surface area contributed by atoms with Crippen LogP contribution < -0.4 is 10.5 Å². The maximum atomic E-state index is 11.9. The average molecular weight is 272 g/mol. The van der Waals surface area contributed by atoms with Gasteiger partial charge in [-0.05, 0) is 24.6 Å². The molecule has 1 fully saturated rings. The van der Waals surface area contributed by atoms with Gasteiger partial charge in [-0.3, -0.25) is 0 Å². The maximum Gasteiger partial charge on any atom is 0.242 e. The third-order valence-corrected chi connectivity index (χ3v) is 4.47. The predicted molar refractivity (Wildman–Crippen MR) is 62.9 cm³/mol. The van der Waals surface area contributed by atoms with E-state index in [1.807, 2.05) is 6.07 Å². The molecule has 0 bridgehead atoms. The number of sulfonamides is 1. The third-order valence-electron chi connectivity index (χ3n) is 2.50. The van der Waals surface area contributed by atoms with Crippen molar-refractivity contribution in [3.05, 3.63) is 28.8 Å². The first-order valence-corrected chi connectivity index (χ1v) is 6.78. The molecule has 0 saturated heterocycles. The van der Waals surface area contributed by atoms with E-state index < -0.39 is 10.0 Å². The Morgan fingerprint density at radius 1 is 1.53 bits per heavy atom. The lowest BCUT2D eigenvalue weighted by atomic mass is 10.2. The maximum absolute atomic E-state index is 11.9. The van der Waals surface area contributed by atoms with Crippen molar-refractivity contribution in [1.82, 2.24) is 4.72 Å². The second-order valence-corrected chi connectivity index (χ2v) is 5.97. The topological polar surface area (TPSA) is 96.0 Å². The Morgan fingerprint density at radius 2 is 2.18 bits per heavy atom. The fourth-order valence-electron chi connectivity index (χ4n) is 1.40. The Morgan fingerprint density at radius 3 is 2.65 bits per heavy atom. The number of nitrogens with one attached hydrogen (secondary N) is 1. The van der Waals surface area contributed by atoms with Crippen LogP contribution in [0.25, 0.3) is 0 Å². The van der Waals surface area contributed by atoms with E-state index >= 15 is 0 Å². The summed E-state index contributed by atoms with van der Waals surface area (Å²) in [7, 11) is -3.66. The lowest BCUT2D eigenvalue weighted by Gasteiger charge is -2.07. The SMILES string of the molecule is N#Cc1ccc(S(=O)(=O)NC2CC2N)c(Cl)c1. The Balaban J connectivity index is 2.30. The molecule has 2 rings (SSSR count). The predicted octanol–water partition coefficient (Wildman–Crippen LogP) is 0.590. The van der Waals surface area contributed by atoms with Gasteiger partial charge in [0.1, 0.15) is 4.90 Å². The van der Waals surface area contributed by atoms with E-state index in [-0.39, 0.29) is 22.0 Å². The van der Waals surface area contributed by atoms with Crippen molar-refractivity contribution >= 4 is 21.6 Å². The molecule has 0 aromatic heterocycles. The molecule has 0 amide bonds. The van der Waals surface area contributed by atoms with Gasteiger partial charge in [-0.15, -0.1) is 0 Å². The molecule has 1 aliphatic carbocycles. The Hall–Kier alpha value is -1.13. The number of rotatable bonds is 3. The van der Waals surface area contributed by atoms with Crippen LogP contribution in [0, 0.1) is 11.3 Å². The molecule has 1 aromatic carbocycles. The highest BCUT2D eigenvalue weighted by molar-refractivity contribution is 7.89. The van der Waals surface area contributed by atoms with E-state index in [1.165, 1.54) is 18.2 Å². The van der Waals surface area contributed by atoms with Crippen molar-refractivity contribution in [2.45, 2.75) is 23.4 Å². The highest BCUT2D eigenvalue weighted by Crippen LogP contribution is 2.26. The van der Waals surface area contributed by atoms with Gasteiger partial charge in [-0.1, -0.05) is 11.6 Å². The van der Waals surface area contributed by atoms with Crippen LogP contribution in [0.15, 0.2) is 23.1 Å². The fourth-order valence-corrected chi connectivity index (χ4v) is 3.25. The normalized spacial score (nSPS) is 23.1. The lowest BCUT2D eigenvalue weighted by molar-refractivity contribution is 0.580. The van der Waals surface area contributed by atoms with Crippen LogP contribution in [0.4, 0.5) is 0 Å². The number of nitrogens with zero attached hydrogens (tertiary/aromatic N) is 1. The number of hydrogen-bond acceptors (Lipinski definition) is 4. The third kappa shape index (κ3) is 2.58. The Kier molecular flexibility index (Phi) is 3.10. The smallest absolute Gasteiger partial charge is 0.242 e. The van der Waals surface area contributed by atoms with E-state index in [1.54, 1.807) is 0 Å². The van der Waals surface area contributed by atoms with Gasteiger partial charge in [0.2, 0.25) is 10.0 Å². The van der Waals surface area contributed by atoms with Gasteiger partial charge in [-0.2, -0.15) is 5.26 Å². The molecule has 1 saturated carbocycles. The van der Waals surface area contributed by atoms with Gasteiger partial charge in [-0.25, -0.2) is 13.1 Å². The summed E-state index contributed by atoms with van der Waals surface area (Å²) in [5, 5.41) is 8.69. The number of nitriles is 1.